The highest BCUT2D eigenvalue weighted by molar-refractivity contribution is 5.92. The van der Waals surface area contributed by atoms with Crippen LogP contribution in [0.3, 0.4) is 0 Å². The summed E-state index contributed by atoms with van der Waals surface area (Å²) in [4.78, 5) is 11.4. The summed E-state index contributed by atoms with van der Waals surface area (Å²) in [5.74, 6) is -0.251. The predicted molar refractivity (Wildman–Crippen MR) is 51.0 cm³/mol. The summed E-state index contributed by atoms with van der Waals surface area (Å²) in [6.45, 7) is 5.86. The number of hydrogen-bond donors (Lipinski definition) is 0. The zero-order chi connectivity index (χ0) is 10.2. The summed E-state index contributed by atoms with van der Waals surface area (Å²) in [5, 5.41) is 0. The van der Waals surface area contributed by atoms with Crippen molar-refractivity contribution in [1.29, 1.82) is 0 Å². The lowest BCUT2D eigenvalue weighted by atomic mass is 10.1. The van der Waals surface area contributed by atoms with Gasteiger partial charge in [0.25, 0.3) is 0 Å². The van der Waals surface area contributed by atoms with E-state index in [9.17, 15) is 4.79 Å². The van der Waals surface area contributed by atoms with Gasteiger partial charge in [0.1, 0.15) is 0 Å². The Morgan fingerprint density at radius 3 is 2.08 bits per heavy atom. The standard InChI is InChI=1S/C10H15NO2/c1-6-7(2)11(4)8(3)9(6)10(12)13-5/h1-5H3. The van der Waals surface area contributed by atoms with Gasteiger partial charge in [-0.15, -0.1) is 0 Å². The number of carbonyl (C=O) groups is 1. The van der Waals surface area contributed by atoms with Gasteiger partial charge < -0.3 is 9.30 Å². The summed E-state index contributed by atoms with van der Waals surface area (Å²) >= 11 is 0. The monoisotopic (exact) mass is 181 g/mol. The number of nitrogens with zero attached hydrogens (tertiary/aromatic N) is 1. The van der Waals surface area contributed by atoms with Crippen LogP contribution in [0.15, 0.2) is 0 Å². The first kappa shape index (κ1) is 9.84. The van der Waals surface area contributed by atoms with Crippen LogP contribution in [0.1, 0.15) is 27.3 Å². The van der Waals surface area contributed by atoms with Crippen molar-refractivity contribution in [3.8, 4) is 0 Å². The highest BCUT2D eigenvalue weighted by Crippen LogP contribution is 2.20. The molecule has 0 unspecified atom stereocenters. The second-order valence-electron chi connectivity index (χ2n) is 3.22. The second kappa shape index (κ2) is 3.24. The van der Waals surface area contributed by atoms with E-state index in [1.165, 1.54) is 7.11 Å². The third-order valence-corrected chi connectivity index (χ3v) is 2.68. The lowest BCUT2D eigenvalue weighted by molar-refractivity contribution is 0.0599. The molecule has 0 N–H and O–H groups in total. The minimum Gasteiger partial charge on any atom is -0.465 e. The van der Waals surface area contributed by atoms with Gasteiger partial charge in [-0.1, -0.05) is 0 Å². The minimum atomic E-state index is -0.251. The quantitative estimate of drug-likeness (QED) is 0.618. The van der Waals surface area contributed by atoms with Gasteiger partial charge in [-0.3, -0.25) is 0 Å². The molecule has 0 saturated carbocycles. The largest absolute Gasteiger partial charge is 0.465 e. The van der Waals surface area contributed by atoms with Crippen molar-refractivity contribution in [2.45, 2.75) is 20.8 Å². The van der Waals surface area contributed by atoms with E-state index in [0.29, 0.717) is 5.56 Å². The van der Waals surface area contributed by atoms with E-state index in [2.05, 4.69) is 0 Å². The molecule has 0 aliphatic heterocycles. The Morgan fingerprint density at radius 1 is 1.23 bits per heavy atom. The predicted octanol–water partition coefficient (Wildman–Crippen LogP) is 1.74. The molecule has 0 saturated heterocycles. The van der Waals surface area contributed by atoms with Crippen LogP contribution in [-0.2, 0) is 11.8 Å². The average molecular weight is 181 g/mol. The molecule has 13 heavy (non-hydrogen) atoms. The normalized spacial score (nSPS) is 10.2. The van der Waals surface area contributed by atoms with Crippen molar-refractivity contribution >= 4 is 5.97 Å². The molecule has 72 valence electrons. The highest BCUT2D eigenvalue weighted by atomic mass is 16.5. The number of rotatable bonds is 1. The van der Waals surface area contributed by atoms with Crippen LogP contribution in [0, 0.1) is 20.8 Å². The Hall–Kier alpha value is -1.25. The van der Waals surface area contributed by atoms with Crippen LogP contribution in [-0.4, -0.2) is 17.6 Å². The molecule has 1 rings (SSSR count). The van der Waals surface area contributed by atoms with E-state index in [-0.39, 0.29) is 5.97 Å². The Labute approximate surface area is 78.3 Å². The number of carbonyl (C=O) groups excluding carboxylic acids is 1. The van der Waals surface area contributed by atoms with Crippen molar-refractivity contribution in [2.75, 3.05) is 7.11 Å². The zero-order valence-corrected chi connectivity index (χ0v) is 8.76. The first-order chi connectivity index (χ1) is 6.00. The lowest BCUT2D eigenvalue weighted by Crippen LogP contribution is -2.04. The fourth-order valence-electron chi connectivity index (χ4n) is 1.53. The smallest absolute Gasteiger partial charge is 0.339 e. The van der Waals surface area contributed by atoms with E-state index in [1.54, 1.807) is 0 Å². The molecule has 1 heterocycles. The molecule has 1 aromatic heterocycles. The Morgan fingerprint density at radius 2 is 1.77 bits per heavy atom. The summed E-state index contributed by atoms with van der Waals surface area (Å²) in [6.07, 6.45) is 0. The zero-order valence-electron chi connectivity index (χ0n) is 8.76. The summed E-state index contributed by atoms with van der Waals surface area (Å²) in [5.41, 5.74) is 3.77. The van der Waals surface area contributed by atoms with Gasteiger partial charge in [-0.25, -0.2) is 4.79 Å². The van der Waals surface area contributed by atoms with Crippen LogP contribution < -0.4 is 0 Å². The van der Waals surface area contributed by atoms with Crippen molar-refractivity contribution in [2.24, 2.45) is 7.05 Å². The van der Waals surface area contributed by atoms with E-state index < -0.39 is 0 Å². The van der Waals surface area contributed by atoms with Crippen molar-refractivity contribution in [1.82, 2.24) is 4.57 Å². The van der Waals surface area contributed by atoms with Gasteiger partial charge in [-0.2, -0.15) is 0 Å². The number of hydrogen-bond acceptors (Lipinski definition) is 2. The summed E-state index contributed by atoms with van der Waals surface area (Å²) < 4.78 is 6.72. The van der Waals surface area contributed by atoms with E-state index in [4.69, 9.17) is 4.74 Å². The number of aromatic nitrogens is 1. The van der Waals surface area contributed by atoms with Crippen LogP contribution in [0.4, 0.5) is 0 Å². The fraction of sp³-hybridized carbons (Fsp3) is 0.500. The molecule has 3 nitrogen and oxygen atoms in total. The van der Waals surface area contributed by atoms with Crippen LogP contribution in [0.25, 0.3) is 0 Å². The van der Waals surface area contributed by atoms with Gasteiger partial charge in [0.15, 0.2) is 0 Å². The van der Waals surface area contributed by atoms with E-state index >= 15 is 0 Å². The molecule has 0 aliphatic rings. The molecule has 1 aromatic rings. The molecule has 0 bridgehead atoms. The maximum absolute atomic E-state index is 11.4. The molecule has 0 spiro atoms. The second-order valence-corrected chi connectivity index (χ2v) is 3.22. The third-order valence-electron chi connectivity index (χ3n) is 2.68. The molecule has 0 fully saturated rings. The van der Waals surface area contributed by atoms with Crippen LogP contribution in [0.5, 0.6) is 0 Å². The van der Waals surface area contributed by atoms with E-state index in [1.807, 2.05) is 32.4 Å². The number of esters is 1. The molecular formula is C10H15NO2. The Kier molecular flexibility index (Phi) is 2.45. The molecule has 0 radical (unpaired) electrons. The first-order valence-electron chi connectivity index (χ1n) is 4.21. The Balaban J connectivity index is 3.37. The van der Waals surface area contributed by atoms with Crippen molar-refractivity contribution < 1.29 is 9.53 Å². The fourth-order valence-corrected chi connectivity index (χ4v) is 1.53. The first-order valence-corrected chi connectivity index (χ1v) is 4.21. The van der Waals surface area contributed by atoms with Crippen LogP contribution >= 0.6 is 0 Å². The third kappa shape index (κ3) is 1.34. The maximum Gasteiger partial charge on any atom is 0.339 e. The minimum absolute atomic E-state index is 0.251. The molecule has 0 amide bonds. The van der Waals surface area contributed by atoms with Crippen molar-refractivity contribution in [3.05, 3.63) is 22.5 Å². The summed E-state index contributed by atoms with van der Waals surface area (Å²) in [7, 11) is 3.35. The van der Waals surface area contributed by atoms with E-state index in [0.717, 1.165) is 17.0 Å². The SMILES string of the molecule is COC(=O)c1c(C)c(C)n(C)c1C. The highest BCUT2D eigenvalue weighted by Gasteiger charge is 2.18. The van der Waals surface area contributed by atoms with Gasteiger partial charge in [0, 0.05) is 18.4 Å². The molecule has 0 aromatic carbocycles. The maximum atomic E-state index is 11.4. The number of ether oxygens (including phenoxy) is 1. The molecule has 0 aliphatic carbocycles. The Bertz CT molecular complexity index is 325. The molecule has 0 atom stereocenters. The van der Waals surface area contributed by atoms with Gasteiger partial charge in [-0.05, 0) is 26.3 Å². The van der Waals surface area contributed by atoms with Crippen molar-refractivity contribution in [3.63, 3.8) is 0 Å². The lowest BCUT2D eigenvalue weighted by Gasteiger charge is -2.00. The average Bonchev–Trinajstić information content (AvgIpc) is 2.30. The van der Waals surface area contributed by atoms with Gasteiger partial charge >= 0.3 is 5.97 Å². The van der Waals surface area contributed by atoms with Crippen LogP contribution in [0.2, 0.25) is 0 Å². The topological polar surface area (TPSA) is 31.2 Å². The van der Waals surface area contributed by atoms with Gasteiger partial charge in [0.2, 0.25) is 0 Å². The molecular weight excluding hydrogens is 166 g/mol. The number of methoxy groups -OCH3 is 1. The molecule has 3 heteroatoms. The summed E-state index contributed by atoms with van der Waals surface area (Å²) in [6, 6.07) is 0. The van der Waals surface area contributed by atoms with Gasteiger partial charge in [0.05, 0.1) is 12.7 Å².